The summed E-state index contributed by atoms with van der Waals surface area (Å²) < 4.78 is 24.3. The van der Waals surface area contributed by atoms with Gasteiger partial charge in [-0.2, -0.15) is 4.98 Å². The number of aromatic nitrogens is 4. The molecule has 1 aromatic carbocycles. The van der Waals surface area contributed by atoms with Gasteiger partial charge in [-0.15, -0.1) is 0 Å². The molecule has 3 fully saturated rings. The second-order valence-electron chi connectivity index (χ2n) is 15.4. The minimum Gasteiger partial charge on any atom is -0.490 e. The maximum atomic E-state index is 12.8. The van der Waals surface area contributed by atoms with Gasteiger partial charge in [0, 0.05) is 61.9 Å². The standard InChI is InChI=1S/C40H53N9O6S/c1-40(17-8-18-40)47-37-35-32(16-24-56(35)53)44-38(46-37)48-20-13-28(14-21-48)36-42-25-31(26-43-36)54-23-7-5-3-2-4-6-19-41-34(51)27-55-30-11-9-29(10-12-30)49-22-15-33(50)45-39(49)52/h9-12,25-26,28H,2-8,13-24,27H2,1H3,(H,41,51)(H,44,46,47)(H,45,50,52)/t56-/m1/s1. The lowest BCUT2D eigenvalue weighted by molar-refractivity contribution is -0.123. The number of unbranched alkanes of at least 4 members (excludes halogenated alkanes) is 5. The Labute approximate surface area is 330 Å². The van der Waals surface area contributed by atoms with Gasteiger partial charge in [0.15, 0.2) is 12.4 Å². The van der Waals surface area contributed by atoms with E-state index < -0.39 is 16.8 Å². The number of piperidine rings is 1. The first kappa shape index (κ1) is 39.4. The number of rotatable bonds is 18. The fourth-order valence-electron chi connectivity index (χ4n) is 7.56. The molecule has 1 saturated carbocycles. The number of anilines is 3. The van der Waals surface area contributed by atoms with Crippen molar-refractivity contribution in [3.63, 3.8) is 0 Å². The topological polar surface area (TPSA) is 181 Å². The van der Waals surface area contributed by atoms with Crippen molar-refractivity contribution in [3.8, 4) is 11.5 Å². The van der Waals surface area contributed by atoms with Crippen LogP contribution in [0.3, 0.4) is 0 Å². The zero-order valence-electron chi connectivity index (χ0n) is 32.2. The number of ether oxygens (including phenoxy) is 2. The number of carbonyl (C=O) groups excluding carboxylic acids is 3. The molecule has 0 unspecified atom stereocenters. The van der Waals surface area contributed by atoms with Crippen molar-refractivity contribution in [1.82, 2.24) is 30.6 Å². The maximum absolute atomic E-state index is 12.8. The Morgan fingerprint density at radius 2 is 1.66 bits per heavy atom. The molecule has 0 spiro atoms. The minimum absolute atomic E-state index is 0.0237. The van der Waals surface area contributed by atoms with Crippen LogP contribution in [0.15, 0.2) is 41.6 Å². The third-order valence-electron chi connectivity index (χ3n) is 11.1. The highest BCUT2D eigenvalue weighted by Gasteiger charge is 2.36. The van der Waals surface area contributed by atoms with Gasteiger partial charge in [0.1, 0.15) is 22.3 Å². The molecule has 300 valence electrons. The SMILES string of the molecule is CC1(Nc2nc(N3CCC(c4ncc(OCCCCCCCCNC(=O)COc5ccc(N6CCC(=O)NC6=O)cc5)cn4)CC3)nc3c2[S@](=O)CC3)CCC1. The largest absolute Gasteiger partial charge is 0.490 e. The van der Waals surface area contributed by atoms with Crippen LogP contribution in [-0.4, -0.2) is 92.7 Å². The van der Waals surface area contributed by atoms with E-state index >= 15 is 0 Å². The summed E-state index contributed by atoms with van der Waals surface area (Å²) in [5.74, 6) is 4.01. The lowest BCUT2D eigenvalue weighted by atomic mass is 9.78. The van der Waals surface area contributed by atoms with Crippen molar-refractivity contribution < 1.29 is 28.1 Å². The first-order valence-electron chi connectivity index (χ1n) is 20.1. The third kappa shape index (κ3) is 10.1. The van der Waals surface area contributed by atoms with Crippen molar-refractivity contribution in [2.45, 2.75) is 107 Å². The van der Waals surface area contributed by atoms with Crippen LogP contribution in [0.2, 0.25) is 0 Å². The monoisotopic (exact) mass is 787 g/mol. The first-order valence-corrected chi connectivity index (χ1v) is 21.4. The first-order chi connectivity index (χ1) is 27.2. The highest BCUT2D eigenvalue weighted by atomic mass is 32.2. The molecular formula is C40H53N9O6S. The fraction of sp³-hybridized carbons (Fsp3) is 0.575. The molecule has 5 heterocycles. The molecule has 0 radical (unpaired) electrons. The summed E-state index contributed by atoms with van der Waals surface area (Å²) in [5, 5.41) is 8.83. The van der Waals surface area contributed by atoms with Crippen molar-refractivity contribution >= 4 is 46.1 Å². The Balaban J connectivity index is 0.723. The molecule has 7 rings (SSSR count). The molecule has 4 aliphatic rings. The average Bonchev–Trinajstić information content (AvgIpc) is 3.58. The molecule has 3 aromatic rings. The number of fused-ring (bicyclic) bond motifs is 1. The van der Waals surface area contributed by atoms with E-state index in [1.165, 1.54) is 11.3 Å². The second kappa shape index (κ2) is 18.4. The Morgan fingerprint density at radius 3 is 2.38 bits per heavy atom. The number of benzene rings is 1. The van der Waals surface area contributed by atoms with Gasteiger partial charge in [-0.3, -0.25) is 24.0 Å². The highest BCUT2D eigenvalue weighted by molar-refractivity contribution is 7.85. The van der Waals surface area contributed by atoms with Crippen LogP contribution in [0.25, 0.3) is 0 Å². The number of nitrogens with one attached hydrogen (secondary N) is 3. The van der Waals surface area contributed by atoms with Crippen molar-refractivity contribution in [3.05, 3.63) is 48.2 Å². The fourth-order valence-corrected chi connectivity index (χ4v) is 8.87. The van der Waals surface area contributed by atoms with Crippen molar-refractivity contribution in [2.75, 3.05) is 60.3 Å². The molecule has 3 N–H and O–H groups in total. The highest BCUT2D eigenvalue weighted by Crippen LogP contribution is 2.39. The smallest absolute Gasteiger partial charge is 0.328 e. The van der Waals surface area contributed by atoms with Crippen LogP contribution in [0, 0.1) is 0 Å². The molecule has 2 saturated heterocycles. The van der Waals surface area contributed by atoms with Gasteiger partial charge in [0.25, 0.3) is 5.91 Å². The number of aryl methyl sites for hydroxylation is 1. The van der Waals surface area contributed by atoms with Crippen LogP contribution in [-0.2, 0) is 26.8 Å². The van der Waals surface area contributed by atoms with Crippen LogP contribution in [0.1, 0.15) is 101 Å². The summed E-state index contributed by atoms with van der Waals surface area (Å²) in [4.78, 5) is 59.2. The predicted octanol–water partition coefficient (Wildman–Crippen LogP) is 5.03. The lowest BCUT2D eigenvalue weighted by Gasteiger charge is -2.40. The van der Waals surface area contributed by atoms with Gasteiger partial charge in [-0.05, 0) is 76.1 Å². The molecule has 3 aliphatic heterocycles. The van der Waals surface area contributed by atoms with E-state index in [9.17, 15) is 18.6 Å². The predicted molar refractivity (Wildman–Crippen MR) is 213 cm³/mol. The summed E-state index contributed by atoms with van der Waals surface area (Å²) >= 11 is 0. The summed E-state index contributed by atoms with van der Waals surface area (Å²) in [6, 6.07) is 6.43. The van der Waals surface area contributed by atoms with Crippen molar-refractivity contribution in [2.24, 2.45) is 0 Å². The number of hydrogen-bond acceptors (Lipinski definition) is 12. The Bertz CT molecular complexity index is 1870. The number of hydrogen-bond donors (Lipinski definition) is 3. The molecule has 15 nitrogen and oxygen atoms in total. The average molecular weight is 788 g/mol. The Kier molecular flexibility index (Phi) is 12.9. The number of urea groups is 1. The number of imide groups is 1. The van der Waals surface area contributed by atoms with E-state index in [1.54, 1.807) is 36.7 Å². The molecule has 16 heteroatoms. The van der Waals surface area contributed by atoms with Gasteiger partial charge in [-0.1, -0.05) is 25.7 Å². The minimum atomic E-state index is -1.04. The van der Waals surface area contributed by atoms with Crippen LogP contribution in [0.5, 0.6) is 11.5 Å². The summed E-state index contributed by atoms with van der Waals surface area (Å²) in [6.07, 6.45) is 16.0. The van der Waals surface area contributed by atoms with E-state index in [2.05, 4.69) is 37.7 Å². The van der Waals surface area contributed by atoms with E-state index in [0.717, 1.165) is 112 Å². The van der Waals surface area contributed by atoms with Gasteiger partial charge < -0.3 is 25.0 Å². The molecule has 1 atom stereocenters. The van der Waals surface area contributed by atoms with E-state index in [1.807, 2.05) is 0 Å². The van der Waals surface area contributed by atoms with Crippen LogP contribution < -0.4 is 35.2 Å². The van der Waals surface area contributed by atoms with E-state index in [-0.39, 0.29) is 36.3 Å². The van der Waals surface area contributed by atoms with Crippen LogP contribution in [0.4, 0.5) is 22.2 Å². The molecular weight excluding hydrogens is 735 g/mol. The normalized spacial score (nSPS) is 19.2. The van der Waals surface area contributed by atoms with Gasteiger partial charge in [0.05, 0.1) is 35.5 Å². The quantitative estimate of drug-likeness (QED) is 0.147. The number of carbonyl (C=O) groups is 3. The zero-order valence-corrected chi connectivity index (χ0v) is 33.0. The molecule has 0 bridgehead atoms. The van der Waals surface area contributed by atoms with E-state index in [4.69, 9.17) is 19.4 Å². The van der Waals surface area contributed by atoms with E-state index in [0.29, 0.717) is 42.6 Å². The molecule has 56 heavy (non-hydrogen) atoms. The lowest BCUT2D eigenvalue weighted by Crippen LogP contribution is -2.49. The summed E-state index contributed by atoms with van der Waals surface area (Å²) in [7, 11) is -1.04. The maximum Gasteiger partial charge on any atom is 0.328 e. The van der Waals surface area contributed by atoms with Gasteiger partial charge in [0.2, 0.25) is 11.9 Å². The Morgan fingerprint density at radius 1 is 0.929 bits per heavy atom. The molecule has 1 aliphatic carbocycles. The third-order valence-corrected chi connectivity index (χ3v) is 12.5. The van der Waals surface area contributed by atoms with Gasteiger partial charge >= 0.3 is 6.03 Å². The molecule has 4 amide bonds. The molecule has 2 aromatic heterocycles. The van der Waals surface area contributed by atoms with Crippen LogP contribution >= 0.6 is 0 Å². The summed E-state index contributed by atoms with van der Waals surface area (Å²) in [6.45, 7) is 5.34. The van der Waals surface area contributed by atoms with Gasteiger partial charge in [-0.25, -0.2) is 19.7 Å². The Hall–Kier alpha value is -4.86. The second-order valence-corrected chi connectivity index (χ2v) is 16.9. The van der Waals surface area contributed by atoms with Crippen molar-refractivity contribution in [1.29, 1.82) is 0 Å². The zero-order chi connectivity index (χ0) is 38.9. The number of amides is 4. The summed E-state index contributed by atoms with van der Waals surface area (Å²) in [5.41, 5.74) is 1.61. The number of nitrogens with zero attached hydrogens (tertiary/aromatic N) is 6.